The van der Waals surface area contributed by atoms with Crippen molar-refractivity contribution in [3.63, 3.8) is 0 Å². The Balaban J connectivity index is 1.85. The van der Waals surface area contributed by atoms with Gasteiger partial charge in [-0.05, 0) is 42.7 Å². The van der Waals surface area contributed by atoms with Crippen LogP contribution in [0.25, 0.3) is 0 Å². The number of carbonyl (C=O) groups is 1. The number of ether oxygens (including phenoxy) is 1. The van der Waals surface area contributed by atoms with Crippen LogP contribution in [-0.4, -0.2) is 30.8 Å². The standard InChI is InChI=1S/C19H22ClNO3/c1-14-11-17(20)7-8-18(14)24-13-19(23)21-12-16(9-10-22)15-5-3-2-4-6-15/h2-8,11,16,22H,9-10,12-13H2,1H3,(H,21,23). The van der Waals surface area contributed by atoms with Crippen molar-refractivity contribution in [1.29, 1.82) is 0 Å². The molecule has 0 aliphatic carbocycles. The molecule has 128 valence electrons. The fourth-order valence-corrected chi connectivity index (χ4v) is 2.70. The lowest BCUT2D eigenvalue weighted by Crippen LogP contribution is -2.32. The average molecular weight is 348 g/mol. The van der Waals surface area contributed by atoms with Crippen molar-refractivity contribution in [1.82, 2.24) is 5.32 Å². The maximum atomic E-state index is 12.0. The van der Waals surface area contributed by atoms with E-state index in [0.717, 1.165) is 11.1 Å². The number of hydrogen-bond donors (Lipinski definition) is 2. The Bertz CT molecular complexity index is 661. The minimum absolute atomic E-state index is 0.0525. The molecule has 0 aliphatic heterocycles. The largest absolute Gasteiger partial charge is 0.484 e. The zero-order chi connectivity index (χ0) is 17.4. The molecule has 24 heavy (non-hydrogen) atoms. The number of carbonyl (C=O) groups excluding carboxylic acids is 1. The van der Waals surface area contributed by atoms with E-state index >= 15 is 0 Å². The van der Waals surface area contributed by atoms with Crippen LogP contribution >= 0.6 is 11.6 Å². The molecular formula is C19H22ClNO3. The van der Waals surface area contributed by atoms with Crippen molar-refractivity contribution < 1.29 is 14.6 Å². The third-order valence-corrected chi connectivity index (χ3v) is 4.03. The first-order chi connectivity index (χ1) is 11.6. The smallest absolute Gasteiger partial charge is 0.257 e. The van der Waals surface area contributed by atoms with Crippen molar-refractivity contribution in [3.8, 4) is 5.75 Å². The predicted molar refractivity (Wildman–Crippen MR) is 95.6 cm³/mol. The number of nitrogens with one attached hydrogen (secondary N) is 1. The molecule has 0 aliphatic rings. The van der Waals surface area contributed by atoms with Crippen LogP contribution in [0, 0.1) is 6.92 Å². The van der Waals surface area contributed by atoms with Gasteiger partial charge in [-0.2, -0.15) is 0 Å². The summed E-state index contributed by atoms with van der Waals surface area (Å²) in [5, 5.41) is 12.7. The van der Waals surface area contributed by atoms with Crippen molar-refractivity contribution in [2.24, 2.45) is 0 Å². The third-order valence-electron chi connectivity index (χ3n) is 3.79. The Morgan fingerprint density at radius 1 is 1.25 bits per heavy atom. The highest BCUT2D eigenvalue weighted by Crippen LogP contribution is 2.22. The first-order valence-corrected chi connectivity index (χ1v) is 8.29. The summed E-state index contributed by atoms with van der Waals surface area (Å²) in [6, 6.07) is 15.1. The van der Waals surface area contributed by atoms with E-state index < -0.39 is 0 Å². The minimum atomic E-state index is -0.191. The summed E-state index contributed by atoms with van der Waals surface area (Å²) in [6.45, 7) is 2.37. The molecule has 1 atom stereocenters. The number of aliphatic hydroxyl groups excluding tert-OH is 1. The minimum Gasteiger partial charge on any atom is -0.484 e. The summed E-state index contributed by atoms with van der Waals surface area (Å²) in [5.41, 5.74) is 1.99. The number of rotatable bonds is 8. The summed E-state index contributed by atoms with van der Waals surface area (Å²) in [7, 11) is 0. The molecule has 0 spiro atoms. The third kappa shape index (κ3) is 5.55. The van der Waals surface area contributed by atoms with Crippen LogP contribution in [0.1, 0.15) is 23.5 Å². The zero-order valence-electron chi connectivity index (χ0n) is 13.7. The van der Waals surface area contributed by atoms with Gasteiger partial charge in [0.05, 0.1) is 0 Å². The molecular weight excluding hydrogens is 326 g/mol. The van der Waals surface area contributed by atoms with Gasteiger partial charge in [-0.15, -0.1) is 0 Å². The van der Waals surface area contributed by atoms with Crippen LogP contribution in [0.15, 0.2) is 48.5 Å². The van der Waals surface area contributed by atoms with Gasteiger partial charge in [0.25, 0.3) is 5.91 Å². The Kier molecular flexibility index (Phi) is 7.09. The lowest BCUT2D eigenvalue weighted by Gasteiger charge is -2.17. The summed E-state index contributed by atoms with van der Waals surface area (Å²) in [4.78, 5) is 12.0. The molecule has 0 heterocycles. The van der Waals surface area contributed by atoms with Crippen LogP contribution in [0.4, 0.5) is 0 Å². The van der Waals surface area contributed by atoms with Crippen molar-refractivity contribution in [3.05, 3.63) is 64.7 Å². The quantitative estimate of drug-likeness (QED) is 0.770. The van der Waals surface area contributed by atoms with Crippen LogP contribution in [0.2, 0.25) is 5.02 Å². The molecule has 0 radical (unpaired) electrons. The highest BCUT2D eigenvalue weighted by atomic mass is 35.5. The molecule has 0 fully saturated rings. The molecule has 1 unspecified atom stereocenters. The van der Waals surface area contributed by atoms with Gasteiger partial charge in [0.1, 0.15) is 5.75 Å². The summed E-state index contributed by atoms with van der Waals surface area (Å²) in [5.74, 6) is 0.533. The second-order valence-corrected chi connectivity index (χ2v) is 6.06. The van der Waals surface area contributed by atoms with Gasteiger partial charge in [0, 0.05) is 24.1 Å². The highest BCUT2D eigenvalue weighted by molar-refractivity contribution is 6.30. The fourth-order valence-electron chi connectivity index (χ4n) is 2.47. The Labute approximate surface area is 147 Å². The van der Waals surface area contributed by atoms with Gasteiger partial charge in [-0.25, -0.2) is 0 Å². The van der Waals surface area contributed by atoms with Gasteiger partial charge >= 0.3 is 0 Å². The topological polar surface area (TPSA) is 58.6 Å². The van der Waals surface area contributed by atoms with Gasteiger partial charge in [0.2, 0.25) is 0 Å². The molecule has 2 N–H and O–H groups in total. The number of aryl methyl sites for hydroxylation is 1. The molecule has 0 saturated heterocycles. The lowest BCUT2D eigenvalue weighted by molar-refractivity contribution is -0.123. The van der Waals surface area contributed by atoms with E-state index in [4.69, 9.17) is 16.3 Å². The first kappa shape index (κ1) is 18.3. The predicted octanol–water partition coefficient (Wildman–Crippen LogP) is 3.31. The molecule has 5 heteroatoms. The lowest BCUT2D eigenvalue weighted by atomic mass is 9.96. The summed E-state index contributed by atoms with van der Waals surface area (Å²) < 4.78 is 5.53. The van der Waals surface area contributed by atoms with Gasteiger partial charge in [-0.1, -0.05) is 41.9 Å². The summed E-state index contributed by atoms with van der Waals surface area (Å²) >= 11 is 5.90. The normalized spacial score (nSPS) is 11.8. The monoisotopic (exact) mass is 347 g/mol. The van der Waals surface area contributed by atoms with Crippen LogP contribution < -0.4 is 10.1 Å². The van der Waals surface area contributed by atoms with E-state index in [2.05, 4.69) is 5.32 Å². The van der Waals surface area contributed by atoms with Crippen LogP contribution in [0.3, 0.4) is 0 Å². The molecule has 0 bridgehead atoms. The molecule has 2 aromatic carbocycles. The van der Waals surface area contributed by atoms with Gasteiger partial charge in [0.15, 0.2) is 6.61 Å². The van der Waals surface area contributed by atoms with Crippen LogP contribution in [0.5, 0.6) is 5.75 Å². The molecule has 0 aromatic heterocycles. The van der Waals surface area contributed by atoms with Crippen molar-refractivity contribution >= 4 is 17.5 Å². The average Bonchev–Trinajstić information content (AvgIpc) is 2.58. The van der Waals surface area contributed by atoms with E-state index in [1.54, 1.807) is 18.2 Å². The SMILES string of the molecule is Cc1cc(Cl)ccc1OCC(=O)NCC(CCO)c1ccccc1. The Hall–Kier alpha value is -2.04. The molecule has 0 saturated carbocycles. The van der Waals surface area contributed by atoms with E-state index in [-0.39, 0.29) is 25.0 Å². The van der Waals surface area contributed by atoms with E-state index in [1.807, 2.05) is 37.3 Å². The number of halogens is 1. The molecule has 2 aromatic rings. The van der Waals surface area contributed by atoms with Crippen LogP contribution in [-0.2, 0) is 4.79 Å². The van der Waals surface area contributed by atoms with Gasteiger partial charge in [-0.3, -0.25) is 4.79 Å². The van der Waals surface area contributed by atoms with Gasteiger partial charge < -0.3 is 15.2 Å². The van der Waals surface area contributed by atoms with Crippen molar-refractivity contribution in [2.75, 3.05) is 19.8 Å². The molecule has 1 amide bonds. The maximum absolute atomic E-state index is 12.0. The van der Waals surface area contributed by atoms with E-state index in [1.165, 1.54) is 0 Å². The second kappa shape index (κ2) is 9.30. The van der Waals surface area contributed by atoms with E-state index in [9.17, 15) is 9.90 Å². The first-order valence-electron chi connectivity index (χ1n) is 7.91. The summed E-state index contributed by atoms with van der Waals surface area (Å²) in [6.07, 6.45) is 0.599. The number of benzene rings is 2. The highest BCUT2D eigenvalue weighted by Gasteiger charge is 2.13. The fraction of sp³-hybridized carbons (Fsp3) is 0.316. The molecule has 4 nitrogen and oxygen atoms in total. The maximum Gasteiger partial charge on any atom is 0.257 e. The molecule has 2 rings (SSSR count). The second-order valence-electron chi connectivity index (χ2n) is 5.62. The van der Waals surface area contributed by atoms with E-state index in [0.29, 0.717) is 23.7 Å². The number of aliphatic hydroxyl groups is 1. The number of hydrogen-bond acceptors (Lipinski definition) is 3. The Morgan fingerprint density at radius 3 is 2.67 bits per heavy atom. The van der Waals surface area contributed by atoms with Crippen molar-refractivity contribution in [2.45, 2.75) is 19.3 Å². The zero-order valence-corrected chi connectivity index (χ0v) is 14.4. The number of amides is 1. The Morgan fingerprint density at radius 2 is 2.00 bits per heavy atom.